The lowest BCUT2D eigenvalue weighted by Gasteiger charge is -2.10. The minimum atomic E-state index is -3.53. The van der Waals surface area contributed by atoms with Crippen molar-refractivity contribution in [2.75, 3.05) is 27.2 Å². The molecule has 0 aliphatic carbocycles. The van der Waals surface area contributed by atoms with Crippen molar-refractivity contribution in [1.29, 1.82) is 5.26 Å². The maximum absolute atomic E-state index is 11.8. The summed E-state index contributed by atoms with van der Waals surface area (Å²) in [7, 11) is 0.188. The standard InChI is InChI=1S/C10H14N4O2S/c1-14(2)6-5-13-17(15,16)10-4-3-9(7-11)12-8-10/h3-4,8,13H,5-6H2,1-2H3. The Labute approximate surface area is 101 Å². The molecule has 1 aromatic heterocycles. The molecule has 0 aliphatic heterocycles. The van der Waals surface area contributed by atoms with Crippen molar-refractivity contribution in [2.24, 2.45) is 0 Å². The average molecular weight is 254 g/mol. The zero-order valence-electron chi connectivity index (χ0n) is 9.71. The quantitative estimate of drug-likeness (QED) is 0.786. The summed E-state index contributed by atoms with van der Waals surface area (Å²) >= 11 is 0. The van der Waals surface area contributed by atoms with Crippen molar-refractivity contribution in [3.63, 3.8) is 0 Å². The SMILES string of the molecule is CN(C)CCNS(=O)(=O)c1ccc(C#N)nc1. The van der Waals surface area contributed by atoms with Crippen LogP contribution in [0.3, 0.4) is 0 Å². The Kier molecular flexibility index (Phi) is 4.57. The third kappa shape index (κ3) is 4.11. The molecule has 1 heterocycles. The Bertz CT molecular complexity index is 502. The fourth-order valence-electron chi connectivity index (χ4n) is 1.09. The summed E-state index contributed by atoms with van der Waals surface area (Å²) in [5.41, 5.74) is 0.192. The van der Waals surface area contributed by atoms with E-state index in [-0.39, 0.29) is 10.6 Å². The summed E-state index contributed by atoms with van der Waals surface area (Å²) in [5.74, 6) is 0. The van der Waals surface area contributed by atoms with E-state index in [2.05, 4.69) is 9.71 Å². The molecule has 0 aliphatic rings. The van der Waals surface area contributed by atoms with E-state index in [4.69, 9.17) is 5.26 Å². The predicted molar refractivity (Wildman–Crippen MR) is 62.7 cm³/mol. The number of rotatable bonds is 5. The van der Waals surface area contributed by atoms with Gasteiger partial charge >= 0.3 is 0 Å². The first-order valence-corrected chi connectivity index (χ1v) is 6.44. The van der Waals surface area contributed by atoms with Gasteiger partial charge < -0.3 is 4.90 Å². The van der Waals surface area contributed by atoms with Crippen LogP contribution in [0.5, 0.6) is 0 Å². The minimum absolute atomic E-state index is 0.0651. The van der Waals surface area contributed by atoms with Crippen LogP contribution in [-0.4, -0.2) is 45.5 Å². The number of sulfonamides is 1. The highest BCUT2D eigenvalue weighted by atomic mass is 32.2. The molecular weight excluding hydrogens is 240 g/mol. The van der Waals surface area contributed by atoms with Gasteiger partial charge in [-0.1, -0.05) is 0 Å². The second-order valence-corrected chi connectivity index (χ2v) is 5.46. The van der Waals surface area contributed by atoms with Gasteiger partial charge in [0.25, 0.3) is 0 Å². The molecule has 0 amide bonds. The fraction of sp³-hybridized carbons (Fsp3) is 0.400. The number of pyridine rings is 1. The number of hydrogen-bond donors (Lipinski definition) is 1. The van der Waals surface area contributed by atoms with E-state index in [0.29, 0.717) is 13.1 Å². The zero-order chi connectivity index (χ0) is 12.9. The van der Waals surface area contributed by atoms with Gasteiger partial charge in [0.05, 0.1) is 0 Å². The van der Waals surface area contributed by atoms with Crippen LogP contribution in [-0.2, 0) is 10.0 Å². The lowest BCUT2D eigenvalue weighted by atomic mass is 10.4. The Morgan fingerprint density at radius 2 is 2.18 bits per heavy atom. The van der Waals surface area contributed by atoms with Crippen LogP contribution in [0.2, 0.25) is 0 Å². The lowest BCUT2D eigenvalue weighted by Crippen LogP contribution is -2.31. The van der Waals surface area contributed by atoms with E-state index in [1.165, 1.54) is 18.3 Å². The van der Waals surface area contributed by atoms with Gasteiger partial charge in [-0.2, -0.15) is 5.26 Å². The number of likely N-dealkylation sites (N-methyl/N-ethyl adjacent to an activating group) is 1. The summed E-state index contributed by atoms with van der Waals surface area (Å²) < 4.78 is 26.0. The summed E-state index contributed by atoms with van der Waals surface area (Å²) in [6, 6.07) is 4.57. The fourth-order valence-corrected chi connectivity index (χ4v) is 2.06. The van der Waals surface area contributed by atoms with Crippen LogP contribution >= 0.6 is 0 Å². The van der Waals surface area contributed by atoms with Gasteiger partial charge in [0.2, 0.25) is 10.0 Å². The summed E-state index contributed by atoms with van der Waals surface area (Å²) in [6.45, 7) is 0.943. The van der Waals surface area contributed by atoms with E-state index in [9.17, 15) is 8.42 Å². The molecule has 0 unspecified atom stereocenters. The van der Waals surface area contributed by atoms with Crippen LogP contribution in [0.4, 0.5) is 0 Å². The van der Waals surface area contributed by atoms with E-state index in [0.717, 1.165) is 0 Å². The Morgan fingerprint density at radius 3 is 2.65 bits per heavy atom. The first kappa shape index (κ1) is 13.6. The van der Waals surface area contributed by atoms with Gasteiger partial charge in [-0.15, -0.1) is 0 Å². The van der Waals surface area contributed by atoms with Gasteiger partial charge in [0.1, 0.15) is 16.7 Å². The van der Waals surface area contributed by atoms with Crippen LogP contribution < -0.4 is 4.72 Å². The Hall–Kier alpha value is -1.49. The molecule has 7 heteroatoms. The molecule has 0 saturated heterocycles. The molecular formula is C10H14N4O2S. The molecule has 0 spiro atoms. The summed E-state index contributed by atoms with van der Waals surface area (Å²) in [5, 5.41) is 8.55. The highest BCUT2D eigenvalue weighted by Gasteiger charge is 2.13. The smallest absolute Gasteiger partial charge is 0.242 e. The maximum Gasteiger partial charge on any atom is 0.242 e. The van der Waals surface area contributed by atoms with E-state index in [1.807, 2.05) is 25.1 Å². The first-order valence-electron chi connectivity index (χ1n) is 4.96. The van der Waals surface area contributed by atoms with Crippen LogP contribution in [0, 0.1) is 11.3 Å². The van der Waals surface area contributed by atoms with Crippen LogP contribution in [0.25, 0.3) is 0 Å². The highest BCUT2D eigenvalue weighted by molar-refractivity contribution is 7.89. The molecule has 0 fully saturated rings. The van der Waals surface area contributed by atoms with E-state index >= 15 is 0 Å². The topological polar surface area (TPSA) is 86.1 Å². The number of nitriles is 1. The lowest BCUT2D eigenvalue weighted by molar-refractivity contribution is 0.412. The molecule has 0 atom stereocenters. The molecule has 0 aromatic carbocycles. The van der Waals surface area contributed by atoms with E-state index < -0.39 is 10.0 Å². The number of hydrogen-bond acceptors (Lipinski definition) is 5. The van der Waals surface area contributed by atoms with E-state index in [1.54, 1.807) is 0 Å². The van der Waals surface area contributed by atoms with Gasteiger partial charge in [0, 0.05) is 19.3 Å². The van der Waals surface area contributed by atoms with Crippen molar-refractivity contribution in [1.82, 2.24) is 14.6 Å². The molecule has 1 N–H and O–H groups in total. The first-order chi connectivity index (χ1) is 7.95. The second kappa shape index (κ2) is 5.72. The Balaban J connectivity index is 2.73. The number of aromatic nitrogens is 1. The van der Waals surface area contributed by atoms with Crippen molar-refractivity contribution >= 4 is 10.0 Å². The van der Waals surface area contributed by atoms with Crippen molar-refractivity contribution in [2.45, 2.75) is 4.90 Å². The highest BCUT2D eigenvalue weighted by Crippen LogP contribution is 2.06. The third-order valence-corrected chi connectivity index (χ3v) is 3.46. The molecule has 92 valence electrons. The van der Waals surface area contributed by atoms with Crippen LogP contribution in [0.1, 0.15) is 5.69 Å². The normalized spacial score (nSPS) is 11.4. The molecule has 6 nitrogen and oxygen atoms in total. The van der Waals surface area contributed by atoms with Gasteiger partial charge in [-0.3, -0.25) is 0 Å². The monoisotopic (exact) mass is 254 g/mol. The number of nitrogens with zero attached hydrogens (tertiary/aromatic N) is 3. The maximum atomic E-state index is 11.8. The molecule has 0 bridgehead atoms. The second-order valence-electron chi connectivity index (χ2n) is 3.69. The summed E-state index contributed by atoms with van der Waals surface area (Å²) in [4.78, 5) is 5.66. The molecule has 17 heavy (non-hydrogen) atoms. The van der Waals surface area contributed by atoms with Crippen molar-refractivity contribution in [3.05, 3.63) is 24.0 Å². The molecule has 0 radical (unpaired) electrons. The Morgan fingerprint density at radius 1 is 1.47 bits per heavy atom. The largest absolute Gasteiger partial charge is 0.308 e. The van der Waals surface area contributed by atoms with Gasteiger partial charge in [-0.25, -0.2) is 18.1 Å². The third-order valence-electron chi connectivity index (χ3n) is 2.01. The average Bonchev–Trinajstić information content (AvgIpc) is 2.28. The van der Waals surface area contributed by atoms with Crippen molar-refractivity contribution in [3.8, 4) is 6.07 Å². The number of nitrogens with one attached hydrogen (secondary N) is 1. The van der Waals surface area contributed by atoms with Crippen molar-refractivity contribution < 1.29 is 8.42 Å². The zero-order valence-corrected chi connectivity index (χ0v) is 10.5. The summed E-state index contributed by atoms with van der Waals surface area (Å²) in [6.07, 6.45) is 1.18. The predicted octanol–water partition coefficient (Wildman–Crippen LogP) is -0.207. The molecule has 1 aromatic rings. The molecule has 0 saturated carbocycles. The van der Waals surface area contributed by atoms with Gasteiger partial charge in [-0.05, 0) is 26.2 Å². The molecule has 1 rings (SSSR count). The van der Waals surface area contributed by atoms with Gasteiger partial charge in [0.15, 0.2) is 0 Å². The van der Waals surface area contributed by atoms with Crippen LogP contribution in [0.15, 0.2) is 23.2 Å². The minimum Gasteiger partial charge on any atom is -0.308 e.